The topological polar surface area (TPSA) is 72.2 Å². The summed E-state index contributed by atoms with van der Waals surface area (Å²) < 4.78 is 27.7. The van der Waals surface area contributed by atoms with Gasteiger partial charge in [-0.15, -0.1) is 0 Å². The van der Waals surface area contributed by atoms with Crippen molar-refractivity contribution in [1.29, 1.82) is 0 Å². The van der Waals surface area contributed by atoms with Crippen molar-refractivity contribution < 1.29 is 12.9 Å². The van der Waals surface area contributed by atoms with E-state index in [-0.39, 0.29) is 5.75 Å². The van der Waals surface area contributed by atoms with E-state index in [4.69, 9.17) is 4.52 Å². The second kappa shape index (κ2) is 4.97. The van der Waals surface area contributed by atoms with Crippen LogP contribution in [0, 0.1) is 0 Å². The average Bonchev–Trinajstić information content (AvgIpc) is 2.63. The van der Waals surface area contributed by atoms with Crippen LogP contribution in [0.2, 0.25) is 0 Å². The van der Waals surface area contributed by atoms with E-state index in [1.165, 1.54) is 0 Å². The van der Waals surface area contributed by atoms with Crippen molar-refractivity contribution >= 4 is 9.84 Å². The molecule has 0 spiro atoms. The van der Waals surface area contributed by atoms with Gasteiger partial charge in [0, 0.05) is 12.6 Å². The quantitative estimate of drug-likeness (QED) is 0.784. The Bertz CT molecular complexity index is 404. The van der Waals surface area contributed by atoms with E-state index in [1.54, 1.807) is 33.0 Å². The summed E-state index contributed by atoms with van der Waals surface area (Å²) in [5, 5.41) is 6.56. The van der Waals surface area contributed by atoms with Crippen molar-refractivity contribution in [2.45, 2.75) is 32.1 Å². The van der Waals surface area contributed by atoms with Gasteiger partial charge in [0.25, 0.3) is 0 Å². The molecule has 0 fully saturated rings. The molecule has 1 heterocycles. The van der Waals surface area contributed by atoms with Gasteiger partial charge in [-0.3, -0.25) is 0 Å². The Morgan fingerprint density at radius 3 is 2.62 bits per heavy atom. The fraction of sp³-hybridized carbons (Fsp3) is 0.700. The molecule has 6 heteroatoms. The second-order valence-corrected chi connectivity index (χ2v) is 7.45. The summed E-state index contributed by atoms with van der Waals surface area (Å²) >= 11 is 0. The molecule has 0 unspecified atom stereocenters. The van der Waals surface area contributed by atoms with E-state index in [0.717, 1.165) is 0 Å². The first-order chi connectivity index (χ1) is 7.33. The molecule has 0 aliphatic rings. The molecular formula is C10H18N2O3S. The zero-order chi connectivity index (χ0) is 12.2. The Hall–Kier alpha value is -0.880. The lowest BCUT2D eigenvalue weighted by Crippen LogP contribution is -2.34. The van der Waals surface area contributed by atoms with Crippen LogP contribution in [0.4, 0.5) is 0 Å². The number of nitrogens with one attached hydrogen (secondary N) is 1. The molecular weight excluding hydrogens is 228 g/mol. The molecule has 1 aromatic heterocycles. The van der Waals surface area contributed by atoms with E-state index in [9.17, 15) is 8.42 Å². The lowest BCUT2D eigenvalue weighted by Gasteiger charge is -2.18. The fourth-order valence-corrected chi connectivity index (χ4v) is 2.08. The molecule has 1 aromatic rings. The molecule has 16 heavy (non-hydrogen) atoms. The largest absolute Gasteiger partial charge is 0.360 e. The highest BCUT2D eigenvalue weighted by molar-refractivity contribution is 7.92. The Morgan fingerprint density at radius 2 is 2.12 bits per heavy atom. The Kier molecular flexibility index (Phi) is 4.09. The van der Waals surface area contributed by atoms with Crippen molar-refractivity contribution in [3.8, 4) is 0 Å². The normalized spacial score (nSPS) is 12.9. The molecule has 0 aliphatic heterocycles. The number of hydrogen-bond acceptors (Lipinski definition) is 5. The maximum absolute atomic E-state index is 11.7. The third-order valence-electron chi connectivity index (χ3n) is 2.27. The monoisotopic (exact) mass is 246 g/mol. The highest BCUT2D eigenvalue weighted by Gasteiger charge is 2.27. The first-order valence-corrected chi connectivity index (χ1v) is 6.81. The summed E-state index contributed by atoms with van der Waals surface area (Å²) in [7, 11) is -3.05. The number of hydrogen-bond donors (Lipinski definition) is 1. The van der Waals surface area contributed by atoms with Crippen LogP contribution in [-0.2, 0) is 16.4 Å². The molecule has 0 saturated carbocycles. The standard InChI is InChI=1S/C10H18N2O3S/c1-10(2,3)16(13,14)7-6-11-8-9-4-5-12-15-9/h4-5,11H,6-8H2,1-3H3. The van der Waals surface area contributed by atoms with Gasteiger partial charge >= 0.3 is 0 Å². The van der Waals surface area contributed by atoms with Gasteiger partial charge in [0.2, 0.25) is 0 Å². The first kappa shape index (κ1) is 13.2. The van der Waals surface area contributed by atoms with Gasteiger partial charge in [-0.25, -0.2) is 8.42 Å². The molecule has 0 radical (unpaired) electrons. The zero-order valence-electron chi connectivity index (χ0n) is 9.86. The molecule has 0 saturated heterocycles. The molecule has 0 atom stereocenters. The van der Waals surface area contributed by atoms with Crippen LogP contribution >= 0.6 is 0 Å². The van der Waals surface area contributed by atoms with Crippen LogP contribution < -0.4 is 5.32 Å². The summed E-state index contributed by atoms with van der Waals surface area (Å²) in [5.41, 5.74) is 0. The van der Waals surface area contributed by atoms with Gasteiger partial charge < -0.3 is 9.84 Å². The molecule has 1 N–H and O–H groups in total. The minimum Gasteiger partial charge on any atom is -0.360 e. The maximum Gasteiger partial charge on any atom is 0.156 e. The van der Waals surface area contributed by atoms with Gasteiger partial charge in [0.05, 0.1) is 23.2 Å². The minimum absolute atomic E-state index is 0.130. The van der Waals surface area contributed by atoms with Crippen LogP contribution in [-0.4, -0.2) is 30.6 Å². The predicted molar refractivity (Wildman–Crippen MR) is 61.7 cm³/mol. The third-order valence-corrected chi connectivity index (χ3v) is 4.88. The summed E-state index contributed by atoms with van der Waals surface area (Å²) in [5.74, 6) is 0.832. The SMILES string of the molecule is CC(C)(C)S(=O)(=O)CCNCc1ccno1. The Morgan fingerprint density at radius 1 is 1.44 bits per heavy atom. The smallest absolute Gasteiger partial charge is 0.156 e. The van der Waals surface area contributed by atoms with Crippen LogP contribution in [0.25, 0.3) is 0 Å². The molecule has 92 valence electrons. The number of rotatable bonds is 5. The van der Waals surface area contributed by atoms with E-state index in [2.05, 4.69) is 10.5 Å². The van der Waals surface area contributed by atoms with Gasteiger partial charge in [-0.1, -0.05) is 5.16 Å². The highest BCUT2D eigenvalue weighted by Crippen LogP contribution is 2.15. The van der Waals surface area contributed by atoms with E-state index in [1.807, 2.05) is 0 Å². The van der Waals surface area contributed by atoms with Crippen molar-refractivity contribution in [3.63, 3.8) is 0 Å². The lowest BCUT2D eigenvalue weighted by atomic mass is 10.3. The average molecular weight is 246 g/mol. The molecule has 0 aromatic carbocycles. The van der Waals surface area contributed by atoms with E-state index >= 15 is 0 Å². The Balaban J connectivity index is 2.31. The van der Waals surface area contributed by atoms with Crippen LogP contribution in [0.5, 0.6) is 0 Å². The summed E-state index contributed by atoms with van der Waals surface area (Å²) in [6, 6.07) is 1.74. The Labute approximate surface area is 96.1 Å². The maximum atomic E-state index is 11.7. The molecule has 1 rings (SSSR count). The van der Waals surface area contributed by atoms with Gasteiger partial charge in [0.15, 0.2) is 9.84 Å². The second-order valence-electron chi connectivity index (χ2n) is 4.59. The first-order valence-electron chi connectivity index (χ1n) is 5.15. The number of aromatic nitrogens is 1. The van der Waals surface area contributed by atoms with E-state index in [0.29, 0.717) is 18.8 Å². The summed E-state index contributed by atoms with van der Waals surface area (Å²) in [4.78, 5) is 0. The van der Waals surface area contributed by atoms with Crippen molar-refractivity contribution in [2.75, 3.05) is 12.3 Å². The van der Waals surface area contributed by atoms with Crippen molar-refractivity contribution in [3.05, 3.63) is 18.0 Å². The van der Waals surface area contributed by atoms with Crippen molar-refractivity contribution in [1.82, 2.24) is 10.5 Å². The van der Waals surface area contributed by atoms with Crippen molar-refractivity contribution in [2.24, 2.45) is 0 Å². The highest BCUT2D eigenvalue weighted by atomic mass is 32.2. The predicted octanol–water partition coefficient (Wildman–Crippen LogP) is 0.977. The van der Waals surface area contributed by atoms with Gasteiger partial charge in [-0.05, 0) is 20.8 Å². The van der Waals surface area contributed by atoms with Crippen LogP contribution in [0.15, 0.2) is 16.8 Å². The molecule has 0 amide bonds. The van der Waals surface area contributed by atoms with Crippen LogP contribution in [0.1, 0.15) is 26.5 Å². The summed E-state index contributed by atoms with van der Waals surface area (Å²) in [6.45, 7) is 6.04. The molecule has 5 nitrogen and oxygen atoms in total. The molecule has 0 bridgehead atoms. The lowest BCUT2D eigenvalue weighted by molar-refractivity contribution is 0.374. The van der Waals surface area contributed by atoms with Gasteiger partial charge in [0.1, 0.15) is 5.76 Å². The summed E-state index contributed by atoms with van der Waals surface area (Å²) in [6.07, 6.45) is 1.56. The zero-order valence-corrected chi connectivity index (χ0v) is 10.7. The van der Waals surface area contributed by atoms with Gasteiger partial charge in [-0.2, -0.15) is 0 Å². The fourth-order valence-electron chi connectivity index (χ4n) is 1.06. The van der Waals surface area contributed by atoms with Crippen LogP contribution in [0.3, 0.4) is 0 Å². The minimum atomic E-state index is -3.05. The molecule has 0 aliphatic carbocycles. The third kappa shape index (κ3) is 3.61. The van der Waals surface area contributed by atoms with E-state index < -0.39 is 14.6 Å². The number of nitrogens with zero attached hydrogens (tertiary/aromatic N) is 1. The number of sulfone groups is 1.